The Kier molecular flexibility index (Phi) is 3.41. The molecule has 0 saturated heterocycles. The molecule has 0 spiro atoms. The smallest absolute Gasteiger partial charge is 0.171 e. The van der Waals surface area contributed by atoms with E-state index in [0.717, 1.165) is 39.9 Å². The molecular weight excluding hydrogens is 415 g/mol. The van der Waals surface area contributed by atoms with Gasteiger partial charge in [-0.2, -0.15) is 5.10 Å². The lowest BCUT2D eigenvalue weighted by Crippen LogP contribution is -2.09. The Bertz CT molecular complexity index is 877. The van der Waals surface area contributed by atoms with Gasteiger partial charge in [-0.3, -0.25) is 0 Å². The van der Waals surface area contributed by atoms with Crippen LogP contribution in [0.5, 0.6) is 0 Å². The molecule has 112 valence electrons. The van der Waals surface area contributed by atoms with Gasteiger partial charge in [-0.1, -0.05) is 6.07 Å². The van der Waals surface area contributed by atoms with Crippen LogP contribution in [0.1, 0.15) is 23.6 Å². The van der Waals surface area contributed by atoms with E-state index in [1.807, 2.05) is 18.3 Å². The molecule has 1 aliphatic carbocycles. The van der Waals surface area contributed by atoms with Gasteiger partial charge in [0.15, 0.2) is 5.65 Å². The number of hydrogen-bond acceptors (Lipinski definition) is 3. The van der Waals surface area contributed by atoms with Crippen molar-refractivity contribution in [3.63, 3.8) is 0 Å². The van der Waals surface area contributed by atoms with Gasteiger partial charge in [0.1, 0.15) is 11.6 Å². The summed E-state index contributed by atoms with van der Waals surface area (Å²) < 4.78 is 16.8. The largest absolute Gasteiger partial charge is 0.363 e. The van der Waals surface area contributed by atoms with Crippen molar-refractivity contribution in [2.75, 3.05) is 5.32 Å². The van der Waals surface area contributed by atoms with Gasteiger partial charge >= 0.3 is 0 Å². The topological polar surface area (TPSA) is 42.2 Å². The number of nitrogens with zero attached hydrogens (tertiary/aromatic N) is 3. The normalized spacial score (nSPS) is 17.0. The average molecular weight is 426 g/mol. The van der Waals surface area contributed by atoms with E-state index in [1.165, 1.54) is 6.07 Å². The summed E-state index contributed by atoms with van der Waals surface area (Å²) in [6, 6.07) is 5.40. The summed E-state index contributed by atoms with van der Waals surface area (Å²) in [5.74, 6) is 0.578. The van der Waals surface area contributed by atoms with Crippen molar-refractivity contribution in [1.29, 1.82) is 0 Å². The Morgan fingerprint density at radius 3 is 3.00 bits per heavy atom. The molecule has 1 aromatic carbocycles. The fourth-order valence-electron chi connectivity index (χ4n) is 2.88. The number of fused-ring (bicyclic) bond motifs is 2. The molecule has 0 saturated carbocycles. The predicted octanol–water partition coefficient (Wildman–Crippen LogP) is 4.49. The van der Waals surface area contributed by atoms with E-state index in [2.05, 4.69) is 47.3 Å². The molecule has 7 heteroatoms. The van der Waals surface area contributed by atoms with Crippen molar-refractivity contribution < 1.29 is 4.39 Å². The first-order chi connectivity index (χ1) is 10.6. The number of aromatic nitrogens is 3. The highest BCUT2D eigenvalue weighted by atomic mass is 79.9. The summed E-state index contributed by atoms with van der Waals surface area (Å²) in [6.45, 7) is 0. The van der Waals surface area contributed by atoms with Gasteiger partial charge in [-0.05, 0) is 68.0 Å². The Labute approximate surface area is 143 Å². The number of rotatable bonds is 2. The van der Waals surface area contributed by atoms with Crippen molar-refractivity contribution in [3.05, 3.63) is 56.5 Å². The van der Waals surface area contributed by atoms with Crippen LogP contribution in [0.25, 0.3) is 5.65 Å². The van der Waals surface area contributed by atoms with Crippen molar-refractivity contribution in [1.82, 2.24) is 14.6 Å². The maximum absolute atomic E-state index is 13.6. The van der Waals surface area contributed by atoms with E-state index in [0.29, 0.717) is 4.47 Å². The minimum atomic E-state index is -0.206. The molecule has 0 fully saturated rings. The number of nitrogens with one attached hydrogen (secondary N) is 1. The third-order valence-electron chi connectivity index (χ3n) is 3.94. The molecule has 4 rings (SSSR count). The minimum absolute atomic E-state index is 0.142. The summed E-state index contributed by atoms with van der Waals surface area (Å²) in [6.07, 6.45) is 5.36. The van der Waals surface area contributed by atoms with Crippen molar-refractivity contribution in [2.24, 2.45) is 0 Å². The van der Waals surface area contributed by atoms with Gasteiger partial charge in [-0.25, -0.2) is 13.9 Å². The van der Waals surface area contributed by atoms with Gasteiger partial charge in [-0.15, -0.1) is 0 Å². The highest BCUT2D eigenvalue weighted by Gasteiger charge is 2.26. The van der Waals surface area contributed by atoms with E-state index in [1.54, 1.807) is 10.7 Å². The molecule has 1 N–H and O–H groups in total. The molecule has 3 aromatic rings. The van der Waals surface area contributed by atoms with Gasteiger partial charge in [0.2, 0.25) is 0 Å². The zero-order valence-corrected chi connectivity index (χ0v) is 14.5. The van der Waals surface area contributed by atoms with E-state index in [4.69, 9.17) is 0 Å². The molecule has 1 atom stereocenters. The predicted molar refractivity (Wildman–Crippen MR) is 89.5 cm³/mol. The van der Waals surface area contributed by atoms with Crippen LogP contribution in [0.3, 0.4) is 0 Å². The van der Waals surface area contributed by atoms with Crippen LogP contribution in [0.2, 0.25) is 0 Å². The van der Waals surface area contributed by atoms with Crippen LogP contribution < -0.4 is 5.32 Å². The van der Waals surface area contributed by atoms with Crippen molar-refractivity contribution in [3.8, 4) is 0 Å². The maximum atomic E-state index is 13.6. The Balaban J connectivity index is 1.67. The second kappa shape index (κ2) is 5.31. The van der Waals surface area contributed by atoms with Crippen LogP contribution in [0, 0.1) is 5.82 Å². The third-order valence-corrected chi connectivity index (χ3v) is 5.36. The number of hydrogen-bond donors (Lipinski definition) is 1. The first-order valence-electron chi connectivity index (χ1n) is 6.86. The quantitative estimate of drug-likeness (QED) is 0.657. The first-order valence-corrected chi connectivity index (χ1v) is 8.45. The molecule has 2 heterocycles. The molecule has 2 aromatic heterocycles. The maximum Gasteiger partial charge on any atom is 0.171 e. The number of anilines is 1. The first kappa shape index (κ1) is 14.1. The zero-order valence-electron chi connectivity index (χ0n) is 11.4. The van der Waals surface area contributed by atoms with Gasteiger partial charge < -0.3 is 5.32 Å². The fraction of sp³-hybridized carbons (Fsp3) is 0.200. The summed E-state index contributed by atoms with van der Waals surface area (Å²) in [4.78, 5) is 4.57. The monoisotopic (exact) mass is 424 g/mol. The average Bonchev–Trinajstić information content (AvgIpc) is 3.08. The fourth-order valence-corrected chi connectivity index (χ4v) is 3.80. The molecule has 1 aliphatic rings. The van der Waals surface area contributed by atoms with Crippen LogP contribution in [0.4, 0.5) is 10.2 Å². The highest BCUT2D eigenvalue weighted by Crippen LogP contribution is 2.38. The summed E-state index contributed by atoms with van der Waals surface area (Å²) >= 11 is 6.78. The van der Waals surface area contributed by atoms with E-state index in [9.17, 15) is 4.39 Å². The number of benzene rings is 1. The summed E-state index contributed by atoms with van der Waals surface area (Å²) in [7, 11) is 0. The van der Waals surface area contributed by atoms with Crippen LogP contribution in [-0.4, -0.2) is 14.6 Å². The van der Waals surface area contributed by atoms with Gasteiger partial charge in [0.05, 0.1) is 21.2 Å². The summed E-state index contributed by atoms with van der Waals surface area (Å²) in [5.41, 5.74) is 2.94. The second-order valence-corrected chi connectivity index (χ2v) is 6.89. The Morgan fingerprint density at radius 1 is 1.27 bits per heavy atom. The third kappa shape index (κ3) is 2.23. The molecule has 0 radical (unpaired) electrons. The van der Waals surface area contributed by atoms with Crippen molar-refractivity contribution >= 4 is 43.3 Å². The molecule has 0 amide bonds. The molecule has 22 heavy (non-hydrogen) atoms. The van der Waals surface area contributed by atoms with E-state index >= 15 is 0 Å². The van der Waals surface area contributed by atoms with Crippen LogP contribution in [-0.2, 0) is 6.42 Å². The molecule has 4 nitrogen and oxygen atoms in total. The lowest BCUT2D eigenvalue weighted by molar-refractivity contribution is 0.618. The standard InChI is InChI=1S/C15H11Br2FN4/c16-10-7-19-22-6-5-13(21-15(10)22)20-12-4-2-9-8(12)1-3-11(18)14(9)17/h1,3,5-7,12H,2,4H2,(H,20,21). The lowest BCUT2D eigenvalue weighted by atomic mass is 10.1. The highest BCUT2D eigenvalue weighted by molar-refractivity contribution is 9.11. The number of halogens is 3. The Morgan fingerprint density at radius 2 is 2.14 bits per heavy atom. The van der Waals surface area contributed by atoms with E-state index in [-0.39, 0.29) is 11.9 Å². The van der Waals surface area contributed by atoms with Gasteiger partial charge in [0, 0.05) is 6.20 Å². The van der Waals surface area contributed by atoms with Crippen LogP contribution >= 0.6 is 31.9 Å². The minimum Gasteiger partial charge on any atom is -0.363 e. The second-order valence-electron chi connectivity index (χ2n) is 5.24. The molecule has 1 unspecified atom stereocenters. The molecular formula is C15H11Br2FN4. The summed E-state index contributed by atoms with van der Waals surface area (Å²) in [5, 5.41) is 7.62. The van der Waals surface area contributed by atoms with Gasteiger partial charge in [0.25, 0.3) is 0 Å². The van der Waals surface area contributed by atoms with Crippen molar-refractivity contribution in [2.45, 2.75) is 18.9 Å². The lowest BCUT2D eigenvalue weighted by Gasteiger charge is -2.15. The SMILES string of the molecule is Fc1ccc2c(c1Br)CCC2Nc1ccn2ncc(Br)c2n1. The molecule has 0 bridgehead atoms. The van der Waals surface area contributed by atoms with E-state index < -0.39 is 0 Å². The zero-order chi connectivity index (χ0) is 15.3. The van der Waals surface area contributed by atoms with Crippen LogP contribution in [0.15, 0.2) is 39.5 Å². The molecule has 0 aliphatic heterocycles. The Hall–Kier alpha value is -1.47.